The largest absolute Gasteiger partial charge is 0.481 e. The van der Waals surface area contributed by atoms with E-state index in [0.29, 0.717) is 19.3 Å². The minimum absolute atomic E-state index is 0.348. The highest BCUT2D eigenvalue weighted by atomic mass is 19.1. The Hall–Kier alpha value is -1.38. The number of rotatable bonds is 4. The molecule has 0 bridgehead atoms. The molecule has 2 nitrogen and oxygen atoms in total. The monoisotopic (exact) mass is 222 g/mol. The number of hydrogen-bond acceptors (Lipinski definition) is 1. The molecule has 0 amide bonds. The van der Waals surface area contributed by atoms with Crippen molar-refractivity contribution in [2.75, 3.05) is 0 Å². The SMILES string of the molecule is CC(C(=O)O)c1ccccc1CC1(F)CC1. The van der Waals surface area contributed by atoms with E-state index in [2.05, 4.69) is 0 Å². The first kappa shape index (κ1) is 11.1. The van der Waals surface area contributed by atoms with E-state index in [9.17, 15) is 9.18 Å². The molecule has 2 rings (SSSR count). The Morgan fingerprint density at radius 1 is 1.50 bits per heavy atom. The van der Waals surface area contributed by atoms with Crippen molar-refractivity contribution in [3.05, 3.63) is 35.4 Å². The fourth-order valence-electron chi connectivity index (χ4n) is 1.90. The lowest BCUT2D eigenvalue weighted by Crippen LogP contribution is -2.13. The predicted octanol–water partition coefficient (Wildman–Crippen LogP) is 2.92. The number of carboxylic acid groups (broad SMARTS) is 1. The van der Waals surface area contributed by atoms with Crippen molar-refractivity contribution >= 4 is 5.97 Å². The maximum atomic E-state index is 13.7. The molecular formula is C13H15FO2. The molecule has 1 aliphatic rings. The maximum absolute atomic E-state index is 13.7. The van der Waals surface area contributed by atoms with Crippen LogP contribution in [0.25, 0.3) is 0 Å². The van der Waals surface area contributed by atoms with Gasteiger partial charge in [-0.1, -0.05) is 24.3 Å². The number of carboxylic acids is 1. The smallest absolute Gasteiger partial charge is 0.310 e. The summed E-state index contributed by atoms with van der Waals surface area (Å²) in [5.74, 6) is -1.44. The van der Waals surface area contributed by atoms with E-state index in [1.807, 2.05) is 12.1 Å². The molecule has 0 spiro atoms. The lowest BCUT2D eigenvalue weighted by molar-refractivity contribution is -0.138. The summed E-state index contributed by atoms with van der Waals surface area (Å²) in [5, 5.41) is 8.98. The van der Waals surface area contributed by atoms with Crippen molar-refractivity contribution in [3.8, 4) is 0 Å². The minimum atomic E-state index is -1.08. The Balaban J connectivity index is 2.26. The normalized spacial score (nSPS) is 19.1. The molecule has 1 saturated carbocycles. The van der Waals surface area contributed by atoms with E-state index in [1.165, 1.54) is 0 Å². The summed E-state index contributed by atoms with van der Waals surface area (Å²) < 4.78 is 13.7. The lowest BCUT2D eigenvalue weighted by atomic mass is 9.92. The summed E-state index contributed by atoms with van der Waals surface area (Å²) in [6, 6.07) is 7.24. The summed E-state index contributed by atoms with van der Waals surface area (Å²) in [4.78, 5) is 10.9. The van der Waals surface area contributed by atoms with Gasteiger partial charge in [-0.25, -0.2) is 4.39 Å². The topological polar surface area (TPSA) is 37.3 Å². The molecule has 1 unspecified atom stereocenters. The Bertz CT molecular complexity index is 410. The zero-order valence-corrected chi connectivity index (χ0v) is 9.24. The summed E-state index contributed by atoms with van der Waals surface area (Å²) in [5.41, 5.74) is 0.491. The Kier molecular flexibility index (Phi) is 2.70. The summed E-state index contributed by atoms with van der Waals surface area (Å²) in [6.07, 6.45) is 1.55. The van der Waals surface area contributed by atoms with Crippen molar-refractivity contribution in [2.45, 2.75) is 37.8 Å². The number of aliphatic carboxylic acids is 1. The van der Waals surface area contributed by atoms with Crippen LogP contribution < -0.4 is 0 Å². The summed E-state index contributed by atoms with van der Waals surface area (Å²) >= 11 is 0. The second-order valence-corrected chi connectivity index (χ2v) is 4.59. The highest BCUT2D eigenvalue weighted by Gasteiger charge is 2.43. The fraction of sp³-hybridized carbons (Fsp3) is 0.462. The lowest BCUT2D eigenvalue weighted by Gasteiger charge is -2.14. The van der Waals surface area contributed by atoms with E-state index in [4.69, 9.17) is 5.11 Å². The number of hydrogen-bond donors (Lipinski definition) is 1. The van der Waals surface area contributed by atoms with Gasteiger partial charge in [0.2, 0.25) is 0 Å². The van der Waals surface area contributed by atoms with Crippen molar-refractivity contribution < 1.29 is 14.3 Å². The Labute approximate surface area is 94.1 Å². The van der Waals surface area contributed by atoms with E-state index >= 15 is 0 Å². The fourth-order valence-corrected chi connectivity index (χ4v) is 1.90. The highest BCUT2D eigenvalue weighted by Crippen LogP contribution is 2.43. The molecule has 0 heterocycles. The molecule has 1 fully saturated rings. The summed E-state index contributed by atoms with van der Waals surface area (Å²) in [7, 11) is 0. The molecule has 1 aromatic carbocycles. The average Bonchev–Trinajstić information content (AvgIpc) is 2.96. The number of carbonyl (C=O) groups is 1. The van der Waals surface area contributed by atoms with Gasteiger partial charge in [0.25, 0.3) is 0 Å². The van der Waals surface area contributed by atoms with Crippen LogP contribution >= 0.6 is 0 Å². The number of halogens is 1. The second-order valence-electron chi connectivity index (χ2n) is 4.59. The van der Waals surface area contributed by atoms with Gasteiger partial charge in [-0.15, -0.1) is 0 Å². The Morgan fingerprint density at radius 3 is 2.69 bits per heavy atom. The van der Waals surface area contributed by atoms with Crippen molar-refractivity contribution in [2.24, 2.45) is 0 Å². The summed E-state index contributed by atoms with van der Waals surface area (Å²) in [6.45, 7) is 1.64. The molecule has 1 N–H and O–H groups in total. The van der Waals surface area contributed by atoms with Gasteiger partial charge < -0.3 is 5.11 Å². The first-order chi connectivity index (χ1) is 7.52. The zero-order valence-electron chi connectivity index (χ0n) is 9.24. The van der Waals surface area contributed by atoms with Gasteiger partial charge in [0.15, 0.2) is 0 Å². The molecular weight excluding hydrogens is 207 g/mol. The molecule has 86 valence electrons. The van der Waals surface area contributed by atoms with E-state index in [-0.39, 0.29) is 0 Å². The quantitative estimate of drug-likeness (QED) is 0.850. The van der Waals surface area contributed by atoms with Crippen LogP contribution in [0, 0.1) is 0 Å². The van der Waals surface area contributed by atoms with Gasteiger partial charge in [-0.2, -0.15) is 0 Å². The van der Waals surface area contributed by atoms with Crippen LogP contribution in [0.3, 0.4) is 0 Å². The highest BCUT2D eigenvalue weighted by molar-refractivity contribution is 5.76. The van der Waals surface area contributed by atoms with Crippen molar-refractivity contribution in [3.63, 3.8) is 0 Å². The van der Waals surface area contributed by atoms with Gasteiger partial charge in [-0.3, -0.25) is 4.79 Å². The number of alkyl halides is 1. The van der Waals surface area contributed by atoms with Gasteiger partial charge in [-0.05, 0) is 30.9 Å². The molecule has 0 aliphatic heterocycles. The average molecular weight is 222 g/mol. The van der Waals surface area contributed by atoms with Crippen LogP contribution in [-0.4, -0.2) is 16.7 Å². The maximum Gasteiger partial charge on any atom is 0.310 e. The predicted molar refractivity (Wildman–Crippen MR) is 59.3 cm³/mol. The van der Waals surface area contributed by atoms with Crippen LogP contribution in [0.4, 0.5) is 4.39 Å². The third-order valence-corrected chi connectivity index (χ3v) is 3.19. The van der Waals surface area contributed by atoms with Gasteiger partial charge in [0.1, 0.15) is 5.67 Å². The first-order valence-corrected chi connectivity index (χ1v) is 5.51. The van der Waals surface area contributed by atoms with Crippen molar-refractivity contribution in [1.82, 2.24) is 0 Å². The van der Waals surface area contributed by atoms with E-state index in [0.717, 1.165) is 11.1 Å². The van der Waals surface area contributed by atoms with Crippen molar-refractivity contribution in [1.29, 1.82) is 0 Å². The van der Waals surface area contributed by atoms with Crippen LogP contribution in [-0.2, 0) is 11.2 Å². The third kappa shape index (κ3) is 2.23. The molecule has 1 aromatic rings. The molecule has 16 heavy (non-hydrogen) atoms. The molecule has 0 aromatic heterocycles. The minimum Gasteiger partial charge on any atom is -0.481 e. The van der Waals surface area contributed by atoms with Crippen LogP contribution in [0.5, 0.6) is 0 Å². The van der Waals surface area contributed by atoms with E-state index < -0.39 is 17.6 Å². The zero-order chi connectivity index (χ0) is 11.8. The van der Waals surface area contributed by atoms with Crippen LogP contribution in [0.15, 0.2) is 24.3 Å². The van der Waals surface area contributed by atoms with Gasteiger partial charge >= 0.3 is 5.97 Å². The first-order valence-electron chi connectivity index (χ1n) is 5.51. The van der Waals surface area contributed by atoms with Crippen LogP contribution in [0.1, 0.15) is 36.8 Å². The molecule has 0 saturated heterocycles. The van der Waals surface area contributed by atoms with E-state index in [1.54, 1.807) is 19.1 Å². The number of benzene rings is 1. The third-order valence-electron chi connectivity index (χ3n) is 3.19. The van der Waals surface area contributed by atoms with Gasteiger partial charge in [0.05, 0.1) is 5.92 Å². The van der Waals surface area contributed by atoms with Gasteiger partial charge in [0, 0.05) is 6.42 Å². The Morgan fingerprint density at radius 2 is 2.12 bits per heavy atom. The molecule has 1 atom stereocenters. The van der Waals surface area contributed by atoms with Crippen LogP contribution in [0.2, 0.25) is 0 Å². The molecule has 3 heteroatoms. The molecule has 0 radical (unpaired) electrons. The standard InChI is InChI=1S/C13H15FO2/c1-9(12(15)16)11-5-3-2-4-10(11)8-13(14)6-7-13/h2-5,9H,6-8H2,1H3,(H,15,16). The second kappa shape index (κ2) is 3.89. The molecule has 1 aliphatic carbocycles.